The fourth-order valence-electron chi connectivity index (χ4n) is 2.49. The summed E-state index contributed by atoms with van der Waals surface area (Å²) in [6.45, 7) is 9.90. The van der Waals surface area contributed by atoms with Gasteiger partial charge in [0.2, 0.25) is 5.95 Å². The molecule has 2 aromatic rings. The molecule has 1 aromatic carbocycles. The second-order valence-corrected chi connectivity index (χ2v) is 5.78. The van der Waals surface area contributed by atoms with E-state index in [-0.39, 0.29) is 0 Å². The minimum Gasteiger partial charge on any atom is -0.352 e. The average Bonchev–Trinajstić information content (AvgIpc) is 2.87. The maximum atomic E-state index is 4.07. The third-order valence-corrected chi connectivity index (χ3v) is 3.68. The number of anilines is 1. The summed E-state index contributed by atoms with van der Waals surface area (Å²) in [7, 11) is 0. The molecule has 0 atom stereocenters. The van der Waals surface area contributed by atoms with Gasteiger partial charge in [-0.3, -0.25) is 0 Å². The van der Waals surface area contributed by atoms with Crippen LogP contribution in [0, 0.1) is 17.8 Å². The number of rotatable bonds is 6. The van der Waals surface area contributed by atoms with Crippen LogP contribution in [0.5, 0.6) is 0 Å². The molecule has 0 aliphatic rings. The topological polar surface area (TPSA) is 55.6 Å². The van der Waals surface area contributed by atoms with E-state index in [0.717, 1.165) is 12.2 Å². The summed E-state index contributed by atoms with van der Waals surface area (Å²) in [5, 5.41) is 15.3. The number of para-hydroxylation sites is 1. The zero-order valence-corrected chi connectivity index (χ0v) is 12.6. The second-order valence-electron chi connectivity index (χ2n) is 5.78. The Hall–Kier alpha value is -1.91. The van der Waals surface area contributed by atoms with Gasteiger partial charge in [-0.2, -0.15) is 4.68 Å². The van der Waals surface area contributed by atoms with Crippen molar-refractivity contribution in [3.05, 3.63) is 30.3 Å². The van der Waals surface area contributed by atoms with Crippen LogP contribution in [0.25, 0.3) is 5.69 Å². The van der Waals surface area contributed by atoms with E-state index in [2.05, 4.69) is 48.5 Å². The van der Waals surface area contributed by atoms with Crippen LogP contribution in [0.3, 0.4) is 0 Å². The molecule has 2 rings (SSSR count). The van der Waals surface area contributed by atoms with E-state index in [0.29, 0.717) is 23.7 Å². The van der Waals surface area contributed by atoms with Gasteiger partial charge in [-0.05, 0) is 40.3 Å². The molecule has 0 saturated heterocycles. The molecule has 5 nitrogen and oxygen atoms in total. The van der Waals surface area contributed by atoms with Crippen LogP contribution in [0.15, 0.2) is 30.3 Å². The number of nitrogens with zero attached hydrogens (tertiary/aromatic N) is 4. The Morgan fingerprint density at radius 3 is 2.30 bits per heavy atom. The summed E-state index contributed by atoms with van der Waals surface area (Å²) in [5.74, 6) is 2.55. The molecule has 0 aliphatic carbocycles. The van der Waals surface area contributed by atoms with E-state index in [1.54, 1.807) is 4.68 Å². The van der Waals surface area contributed by atoms with Crippen molar-refractivity contribution in [1.82, 2.24) is 20.2 Å². The van der Waals surface area contributed by atoms with Crippen molar-refractivity contribution in [3.8, 4) is 5.69 Å². The Balaban J connectivity index is 2.10. The Labute approximate surface area is 120 Å². The maximum Gasteiger partial charge on any atom is 0.247 e. The van der Waals surface area contributed by atoms with E-state index in [9.17, 15) is 0 Å². The normalized spacial score (nSPS) is 11.6. The monoisotopic (exact) mass is 273 g/mol. The lowest BCUT2D eigenvalue weighted by molar-refractivity contribution is 0.304. The summed E-state index contributed by atoms with van der Waals surface area (Å²) in [6, 6.07) is 9.92. The lowest BCUT2D eigenvalue weighted by Crippen LogP contribution is -2.25. The fraction of sp³-hybridized carbons (Fsp3) is 0.533. The lowest BCUT2D eigenvalue weighted by atomic mass is 9.85. The van der Waals surface area contributed by atoms with Crippen molar-refractivity contribution in [2.75, 3.05) is 11.9 Å². The summed E-state index contributed by atoms with van der Waals surface area (Å²) in [4.78, 5) is 0. The molecule has 0 amide bonds. The van der Waals surface area contributed by atoms with Gasteiger partial charge in [0.05, 0.1) is 5.69 Å². The van der Waals surface area contributed by atoms with Gasteiger partial charge in [0.25, 0.3) is 0 Å². The molecular weight excluding hydrogens is 250 g/mol. The number of tetrazole rings is 1. The van der Waals surface area contributed by atoms with E-state index in [4.69, 9.17) is 0 Å². The van der Waals surface area contributed by atoms with Crippen molar-refractivity contribution in [2.24, 2.45) is 17.8 Å². The molecule has 20 heavy (non-hydrogen) atoms. The van der Waals surface area contributed by atoms with Crippen LogP contribution >= 0.6 is 0 Å². The predicted molar refractivity (Wildman–Crippen MR) is 80.8 cm³/mol. The van der Waals surface area contributed by atoms with Gasteiger partial charge in [0, 0.05) is 6.54 Å². The average molecular weight is 273 g/mol. The van der Waals surface area contributed by atoms with Crippen molar-refractivity contribution < 1.29 is 0 Å². The van der Waals surface area contributed by atoms with Gasteiger partial charge in [-0.15, -0.1) is 0 Å². The summed E-state index contributed by atoms with van der Waals surface area (Å²) >= 11 is 0. The molecule has 0 bridgehead atoms. The molecule has 108 valence electrons. The van der Waals surface area contributed by atoms with E-state index in [1.807, 2.05) is 30.3 Å². The van der Waals surface area contributed by atoms with Crippen LogP contribution in [0.4, 0.5) is 5.95 Å². The predicted octanol–water partition coefficient (Wildman–Crippen LogP) is 3.00. The quantitative estimate of drug-likeness (QED) is 0.879. The Bertz CT molecular complexity index is 510. The minimum absolute atomic E-state index is 0.593. The second kappa shape index (κ2) is 6.50. The highest BCUT2D eigenvalue weighted by molar-refractivity contribution is 5.38. The first-order valence-electron chi connectivity index (χ1n) is 7.17. The summed E-state index contributed by atoms with van der Waals surface area (Å²) < 4.78 is 1.73. The van der Waals surface area contributed by atoms with Gasteiger partial charge in [0.15, 0.2) is 0 Å². The van der Waals surface area contributed by atoms with Gasteiger partial charge in [-0.1, -0.05) is 51.0 Å². The van der Waals surface area contributed by atoms with Crippen molar-refractivity contribution in [1.29, 1.82) is 0 Å². The smallest absolute Gasteiger partial charge is 0.247 e. The van der Waals surface area contributed by atoms with Crippen molar-refractivity contribution in [2.45, 2.75) is 27.7 Å². The molecule has 1 N–H and O–H groups in total. The molecule has 0 saturated carbocycles. The van der Waals surface area contributed by atoms with E-state index in [1.165, 1.54) is 0 Å². The number of nitrogens with one attached hydrogen (secondary N) is 1. The van der Waals surface area contributed by atoms with Gasteiger partial charge in [-0.25, -0.2) is 0 Å². The Kier molecular flexibility index (Phi) is 4.71. The third-order valence-electron chi connectivity index (χ3n) is 3.68. The van der Waals surface area contributed by atoms with Gasteiger partial charge < -0.3 is 5.32 Å². The van der Waals surface area contributed by atoms with Crippen LogP contribution in [0.2, 0.25) is 0 Å². The first-order chi connectivity index (χ1) is 9.59. The van der Waals surface area contributed by atoms with Crippen LogP contribution < -0.4 is 5.32 Å². The highest BCUT2D eigenvalue weighted by atomic mass is 15.6. The third kappa shape index (κ3) is 3.35. The molecule has 1 heterocycles. The highest BCUT2D eigenvalue weighted by Crippen LogP contribution is 2.21. The maximum absolute atomic E-state index is 4.07. The molecule has 0 spiro atoms. The zero-order chi connectivity index (χ0) is 14.5. The molecule has 0 radical (unpaired) electrons. The SMILES string of the molecule is CC(C)C(CNc1nnnn1-c1ccccc1)C(C)C. The molecule has 5 heteroatoms. The number of benzene rings is 1. The van der Waals surface area contributed by atoms with Gasteiger partial charge >= 0.3 is 0 Å². The molecule has 0 aliphatic heterocycles. The van der Waals surface area contributed by atoms with Crippen LogP contribution in [-0.4, -0.2) is 26.8 Å². The minimum atomic E-state index is 0.593. The lowest BCUT2D eigenvalue weighted by Gasteiger charge is -2.25. The molecule has 0 fully saturated rings. The molecule has 0 unspecified atom stereocenters. The Morgan fingerprint density at radius 2 is 1.70 bits per heavy atom. The first kappa shape index (κ1) is 14.5. The molecule has 1 aromatic heterocycles. The fourth-order valence-corrected chi connectivity index (χ4v) is 2.49. The first-order valence-corrected chi connectivity index (χ1v) is 7.17. The van der Waals surface area contributed by atoms with Crippen molar-refractivity contribution in [3.63, 3.8) is 0 Å². The number of aromatic nitrogens is 4. The van der Waals surface area contributed by atoms with Crippen LogP contribution in [0.1, 0.15) is 27.7 Å². The standard InChI is InChI=1S/C15H23N5/c1-11(2)14(12(3)4)10-16-15-17-18-19-20(15)13-8-6-5-7-9-13/h5-9,11-12,14H,10H2,1-4H3,(H,16,17,19). The van der Waals surface area contributed by atoms with Gasteiger partial charge in [0.1, 0.15) is 0 Å². The number of hydrogen-bond acceptors (Lipinski definition) is 4. The highest BCUT2D eigenvalue weighted by Gasteiger charge is 2.18. The largest absolute Gasteiger partial charge is 0.352 e. The van der Waals surface area contributed by atoms with E-state index < -0.39 is 0 Å². The summed E-state index contributed by atoms with van der Waals surface area (Å²) in [5.41, 5.74) is 0.964. The number of hydrogen-bond donors (Lipinski definition) is 1. The Morgan fingerprint density at radius 1 is 1.05 bits per heavy atom. The zero-order valence-electron chi connectivity index (χ0n) is 12.6. The van der Waals surface area contributed by atoms with Crippen LogP contribution in [-0.2, 0) is 0 Å². The van der Waals surface area contributed by atoms with E-state index >= 15 is 0 Å². The van der Waals surface area contributed by atoms with Crippen molar-refractivity contribution >= 4 is 5.95 Å². The molecular formula is C15H23N5. The summed E-state index contributed by atoms with van der Waals surface area (Å²) in [6.07, 6.45) is 0.